The van der Waals surface area contributed by atoms with E-state index >= 15 is 0 Å². The molecule has 1 atom stereocenters. The lowest BCUT2D eigenvalue weighted by atomic mass is 10.1. The molecular formula is C31H27N7O2. The molecule has 0 aliphatic carbocycles. The number of aryl methyl sites for hydroxylation is 2. The van der Waals surface area contributed by atoms with E-state index in [0.717, 1.165) is 16.7 Å². The van der Waals surface area contributed by atoms with E-state index in [4.69, 9.17) is 5.26 Å². The maximum absolute atomic E-state index is 13.2. The van der Waals surface area contributed by atoms with Gasteiger partial charge in [-0.2, -0.15) is 10.4 Å². The summed E-state index contributed by atoms with van der Waals surface area (Å²) < 4.78 is 1.63. The fourth-order valence-corrected chi connectivity index (χ4v) is 4.44. The number of fused-ring (bicyclic) bond motifs is 1. The molecule has 0 radical (unpaired) electrons. The van der Waals surface area contributed by atoms with E-state index in [1.807, 2.05) is 57.2 Å². The number of nitrogens with one attached hydrogen (secondary N) is 3. The molecule has 0 aliphatic rings. The Morgan fingerprint density at radius 2 is 1.73 bits per heavy atom. The highest BCUT2D eigenvalue weighted by atomic mass is 16.2. The lowest BCUT2D eigenvalue weighted by Crippen LogP contribution is -2.26. The summed E-state index contributed by atoms with van der Waals surface area (Å²) in [5.74, 6) is 0.0179. The average Bonchev–Trinajstić information content (AvgIpc) is 3.32. The van der Waals surface area contributed by atoms with Gasteiger partial charge in [0, 0.05) is 23.1 Å². The SMILES string of the molecule is Cc1ccc(C(=O)Nc2ccc(C#N)cc2)cc1Nc1ncnn2cc(C(=O)N[C@H](C)c3ccccc3)c(C)c12. The molecule has 2 amide bonds. The quantitative estimate of drug-likeness (QED) is 0.248. The Labute approximate surface area is 231 Å². The molecule has 40 heavy (non-hydrogen) atoms. The van der Waals surface area contributed by atoms with Crippen molar-refractivity contribution >= 4 is 34.5 Å². The van der Waals surface area contributed by atoms with Crippen molar-refractivity contribution in [2.24, 2.45) is 0 Å². The molecule has 0 saturated heterocycles. The number of hydrogen-bond donors (Lipinski definition) is 3. The second-order valence-electron chi connectivity index (χ2n) is 9.47. The molecule has 0 unspecified atom stereocenters. The Kier molecular flexibility index (Phi) is 7.25. The van der Waals surface area contributed by atoms with Crippen molar-refractivity contribution in [3.05, 3.63) is 119 Å². The smallest absolute Gasteiger partial charge is 0.255 e. The molecule has 9 heteroatoms. The van der Waals surface area contributed by atoms with Crippen molar-refractivity contribution in [1.82, 2.24) is 19.9 Å². The van der Waals surface area contributed by atoms with Crippen LogP contribution in [0.3, 0.4) is 0 Å². The fraction of sp³-hybridized carbons (Fsp3) is 0.129. The first-order valence-electron chi connectivity index (χ1n) is 12.7. The predicted molar refractivity (Wildman–Crippen MR) is 154 cm³/mol. The van der Waals surface area contributed by atoms with Crippen LogP contribution in [0.15, 0.2) is 85.3 Å². The number of carbonyl (C=O) groups is 2. The van der Waals surface area contributed by atoms with Crippen LogP contribution in [0.4, 0.5) is 17.2 Å². The van der Waals surface area contributed by atoms with E-state index < -0.39 is 0 Å². The van der Waals surface area contributed by atoms with Crippen LogP contribution in [0.5, 0.6) is 0 Å². The van der Waals surface area contributed by atoms with E-state index in [2.05, 4.69) is 32.1 Å². The minimum absolute atomic E-state index is 0.166. The number of nitriles is 1. The number of rotatable bonds is 7. The zero-order valence-corrected chi connectivity index (χ0v) is 22.3. The molecule has 198 valence electrons. The first kappa shape index (κ1) is 26.1. The Hall–Kier alpha value is -5.49. The van der Waals surface area contributed by atoms with Crippen LogP contribution in [0.2, 0.25) is 0 Å². The highest BCUT2D eigenvalue weighted by Crippen LogP contribution is 2.28. The second kappa shape index (κ2) is 11.1. The van der Waals surface area contributed by atoms with E-state index in [9.17, 15) is 9.59 Å². The van der Waals surface area contributed by atoms with Crippen molar-refractivity contribution in [2.45, 2.75) is 26.8 Å². The third-order valence-electron chi connectivity index (χ3n) is 6.74. The molecule has 5 rings (SSSR count). The minimum Gasteiger partial charge on any atom is -0.345 e. The Bertz CT molecular complexity index is 1750. The molecule has 9 nitrogen and oxygen atoms in total. The van der Waals surface area contributed by atoms with Crippen molar-refractivity contribution in [3.63, 3.8) is 0 Å². The zero-order chi connectivity index (χ0) is 28.2. The predicted octanol–water partition coefficient (Wildman–Crippen LogP) is 5.70. The zero-order valence-electron chi connectivity index (χ0n) is 22.3. The molecule has 3 N–H and O–H groups in total. The molecule has 0 aliphatic heterocycles. The molecule has 0 fully saturated rings. The summed E-state index contributed by atoms with van der Waals surface area (Å²) in [5.41, 5.74) is 6.06. The number of benzene rings is 3. The average molecular weight is 530 g/mol. The van der Waals surface area contributed by atoms with E-state index in [0.29, 0.717) is 39.4 Å². The van der Waals surface area contributed by atoms with Crippen LogP contribution in [-0.2, 0) is 0 Å². The summed E-state index contributed by atoms with van der Waals surface area (Å²) in [5, 5.41) is 22.5. The summed E-state index contributed by atoms with van der Waals surface area (Å²) in [6, 6.07) is 23.7. The van der Waals surface area contributed by atoms with Gasteiger partial charge in [0.1, 0.15) is 11.8 Å². The number of anilines is 3. The van der Waals surface area contributed by atoms with Gasteiger partial charge in [-0.1, -0.05) is 36.4 Å². The lowest BCUT2D eigenvalue weighted by molar-refractivity contribution is 0.0938. The molecule has 0 bridgehead atoms. The summed E-state index contributed by atoms with van der Waals surface area (Å²) in [7, 11) is 0. The van der Waals surface area contributed by atoms with Crippen molar-refractivity contribution in [1.29, 1.82) is 5.26 Å². The van der Waals surface area contributed by atoms with E-state index in [1.54, 1.807) is 47.1 Å². The van der Waals surface area contributed by atoms with Crippen LogP contribution < -0.4 is 16.0 Å². The van der Waals surface area contributed by atoms with Gasteiger partial charge in [-0.15, -0.1) is 0 Å². The Morgan fingerprint density at radius 1 is 0.975 bits per heavy atom. The van der Waals surface area contributed by atoms with E-state index in [1.165, 1.54) is 6.33 Å². The summed E-state index contributed by atoms with van der Waals surface area (Å²) in [6.45, 7) is 5.73. The van der Waals surface area contributed by atoms with Gasteiger partial charge in [0.05, 0.1) is 23.2 Å². The third-order valence-corrected chi connectivity index (χ3v) is 6.74. The number of aromatic nitrogens is 3. The fourth-order valence-electron chi connectivity index (χ4n) is 4.44. The third kappa shape index (κ3) is 5.37. The van der Waals surface area contributed by atoms with Gasteiger partial charge >= 0.3 is 0 Å². The van der Waals surface area contributed by atoms with Gasteiger partial charge in [-0.3, -0.25) is 9.59 Å². The summed E-state index contributed by atoms with van der Waals surface area (Å²) >= 11 is 0. The summed E-state index contributed by atoms with van der Waals surface area (Å²) in [4.78, 5) is 30.6. The van der Waals surface area contributed by atoms with Crippen LogP contribution in [0, 0.1) is 25.2 Å². The van der Waals surface area contributed by atoms with Crippen LogP contribution in [0.25, 0.3) is 5.52 Å². The number of nitrogens with zero attached hydrogens (tertiary/aromatic N) is 4. The lowest BCUT2D eigenvalue weighted by Gasteiger charge is -2.14. The maximum Gasteiger partial charge on any atom is 0.255 e. The largest absolute Gasteiger partial charge is 0.345 e. The minimum atomic E-state index is -0.286. The van der Waals surface area contributed by atoms with Gasteiger partial charge in [0.15, 0.2) is 5.82 Å². The highest BCUT2D eigenvalue weighted by molar-refractivity contribution is 6.05. The van der Waals surface area contributed by atoms with Crippen molar-refractivity contribution < 1.29 is 9.59 Å². The normalized spacial score (nSPS) is 11.4. The van der Waals surface area contributed by atoms with Gasteiger partial charge in [0.2, 0.25) is 0 Å². The molecule has 5 aromatic rings. The van der Waals surface area contributed by atoms with Crippen LogP contribution >= 0.6 is 0 Å². The van der Waals surface area contributed by atoms with Gasteiger partial charge in [-0.05, 0) is 73.9 Å². The number of hydrogen-bond acceptors (Lipinski definition) is 6. The van der Waals surface area contributed by atoms with Gasteiger partial charge < -0.3 is 16.0 Å². The van der Waals surface area contributed by atoms with Crippen molar-refractivity contribution in [3.8, 4) is 6.07 Å². The first-order valence-corrected chi connectivity index (χ1v) is 12.7. The maximum atomic E-state index is 13.2. The molecule has 3 aromatic carbocycles. The van der Waals surface area contributed by atoms with Crippen LogP contribution in [-0.4, -0.2) is 26.4 Å². The molecule has 2 aromatic heterocycles. The number of amides is 2. The second-order valence-corrected chi connectivity index (χ2v) is 9.47. The molecule has 2 heterocycles. The topological polar surface area (TPSA) is 124 Å². The summed E-state index contributed by atoms with van der Waals surface area (Å²) in [6.07, 6.45) is 3.11. The molecule has 0 saturated carbocycles. The standard InChI is InChI=1S/C31H27N7O2/c1-19-9-12-24(30(39)36-25-13-10-22(16-32)11-14-25)15-27(19)37-29-28-20(2)26(17-38(28)34-18-33-29)31(40)35-21(3)23-7-5-4-6-8-23/h4-15,17-18,21H,1-3H3,(H,35,40)(H,36,39)(H,33,34,37)/t21-/m1/s1. The Morgan fingerprint density at radius 3 is 2.45 bits per heavy atom. The first-order chi connectivity index (χ1) is 19.3. The molecule has 0 spiro atoms. The monoisotopic (exact) mass is 529 g/mol. The van der Waals surface area contributed by atoms with Crippen LogP contribution in [0.1, 0.15) is 55.9 Å². The van der Waals surface area contributed by atoms with Gasteiger partial charge in [0.25, 0.3) is 11.8 Å². The number of carbonyl (C=O) groups excluding carboxylic acids is 2. The van der Waals surface area contributed by atoms with Crippen molar-refractivity contribution in [2.75, 3.05) is 10.6 Å². The van der Waals surface area contributed by atoms with Gasteiger partial charge in [-0.25, -0.2) is 9.50 Å². The Balaban J connectivity index is 1.39. The van der Waals surface area contributed by atoms with E-state index in [-0.39, 0.29) is 17.9 Å². The highest BCUT2D eigenvalue weighted by Gasteiger charge is 2.20. The molecular weight excluding hydrogens is 502 g/mol.